The van der Waals surface area contributed by atoms with Gasteiger partial charge in [-0.15, -0.1) is 0 Å². The second kappa shape index (κ2) is 15.4. The number of carbonyl (C=O) groups excluding carboxylic acids is 2. The lowest BCUT2D eigenvalue weighted by Gasteiger charge is -2.24. The molecule has 0 unspecified atom stereocenters. The maximum Gasteiger partial charge on any atom is 0.475 e. The van der Waals surface area contributed by atoms with Crippen molar-refractivity contribution in [3.05, 3.63) is 4.91 Å². The van der Waals surface area contributed by atoms with Crippen LogP contribution in [0.1, 0.15) is 65.7 Å². The second-order valence-electron chi connectivity index (χ2n) is 7.53. The van der Waals surface area contributed by atoms with Gasteiger partial charge in [-0.1, -0.05) is 33.6 Å². The molecule has 8 N–H and O–H groups in total. The Morgan fingerprint density at radius 3 is 2.37 bits per heavy atom. The number of carbonyl (C=O) groups is 2. The number of nitrogens with one attached hydrogen (secondary N) is 3. The number of aliphatic imine (C=N–C) groups is 1. The van der Waals surface area contributed by atoms with Crippen LogP contribution in [-0.2, 0) is 9.59 Å². The number of rotatable bonds is 15. The van der Waals surface area contributed by atoms with Crippen LogP contribution < -0.4 is 21.8 Å². The summed E-state index contributed by atoms with van der Waals surface area (Å²) in [7, 11) is -1.72. The molecule has 0 rings (SSSR count). The van der Waals surface area contributed by atoms with E-state index in [-0.39, 0.29) is 30.8 Å². The molecule has 13 heteroatoms. The molecular formula is C17H36BN6O6+. The summed E-state index contributed by atoms with van der Waals surface area (Å²) < 4.78 is 0. The van der Waals surface area contributed by atoms with Crippen molar-refractivity contribution in [2.45, 2.75) is 77.7 Å². The Balaban J connectivity index is 4.96. The Morgan fingerprint density at radius 2 is 1.83 bits per heavy atom. The molecule has 0 saturated heterocycles. The lowest BCUT2D eigenvalue weighted by Crippen LogP contribution is -2.54. The van der Waals surface area contributed by atoms with Crippen molar-refractivity contribution in [3.8, 4) is 0 Å². The fourth-order valence-electron chi connectivity index (χ4n) is 2.75. The van der Waals surface area contributed by atoms with Gasteiger partial charge in [0.2, 0.25) is 11.8 Å². The number of nitrogens with zero attached hydrogens (tertiary/aromatic N) is 2. The molecular weight excluding hydrogens is 395 g/mol. The van der Waals surface area contributed by atoms with Crippen LogP contribution in [0.15, 0.2) is 4.99 Å². The second-order valence-corrected chi connectivity index (χ2v) is 7.53. The van der Waals surface area contributed by atoms with E-state index in [1.54, 1.807) is 0 Å². The van der Waals surface area contributed by atoms with Crippen molar-refractivity contribution in [2.75, 3.05) is 6.54 Å². The summed E-state index contributed by atoms with van der Waals surface area (Å²) in [6, 6.07) is -0.884. The molecule has 0 aromatic carbocycles. The third kappa shape index (κ3) is 13.7. The Labute approximate surface area is 177 Å². The molecule has 0 aromatic rings. The maximum atomic E-state index is 12.7. The number of unbranched alkanes of at least 4 members (excludes halogenated alkanes) is 2. The molecule has 0 saturated carbocycles. The Morgan fingerprint density at radius 1 is 1.17 bits per heavy atom. The Kier molecular flexibility index (Phi) is 14.2. The lowest BCUT2D eigenvalue weighted by atomic mass is 9.75. The molecule has 12 nitrogen and oxygen atoms in total. The van der Waals surface area contributed by atoms with Crippen LogP contribution in [0, 0.1) is 10.8 Å². The summed E-state index contributed by atoms with van der Waals surface area (Å²) in [5.41, 5.74) is 7.21. The van der Waals surface area contributed by atoms with Gasteiger partial charge in [0.1, 0.15) is 10.9 Å². The topological polar surface area (TPSA) is 189 Å². The number of guanidine groups is 1. The molecule has 0 aromatic heterocycles. The van der Waals surface area contributed by atoms with Crippen LogP contribution in [0.25, 0.3) is 0 Å². The van der Waals surface area contributed by atoms with Crippen LogP contribution in [-0.4, -0.2) is 63.7 Å². The SMILES string of the molecule is CCCCCC(=O)N[C@@H](CCCN=C(N)N[N+](=O)O)C(=O)N[C@@H](CC(C)C)B(O)O. The molecule has 0 aliphatic heterocycles. The number of hydrogen-bond acceptors (Lipinski definition) is 6. The molecule has 0 bridgehead atoms. The summed E-state index contributed by atoms with van der Waals surface area (Å²) in [5, 5.41) is 32.2. The van der Waals surface area contributed by atoms with E-state index in [1.807, 2.05) is 26.2 Å². The first-order valence-electron chi connectivity index (χ1n) is 10.2. The number of amides is 2. The van der Waals surface area contributed by atoms with Gasteiger partial charge in [-0.05, 0) is 37.0 Å². The van der Waals surface area contributed by atoms with Gasteiger partial charge in [0, 0.05) is 13.0 Å². The van der Waals surface area contributed by atoms with Crippen LogP contribution in [0.3, 0.4) is 0 Å². The first-order valence-corrected chi connectivity index (χ1v) is 10.2. The van der Waals surface area contributed by atoms with Crippen LogP contribution in [0.4, 0.5) is 0 Å². The molecule has 0 aliphatic rings. The summed E-state index contributed by atoms with van der Waals surface area (Å²) in [4.78, 5) is 39.1. The summed E-state index contributed by atoms with van der Waals surface area (Å²) >= 11 is 0. The van der Waals surface area contributed by atoms with Gasteiger partial charge in [-0.25, -0.2) is 10.2 Å². The van der Waals surface area contributed by atoms with E-state index in [1.165, 1.54) is 0 Å². The molecule has 2 atom stereocenters. The predicted molar refractivity (Wildman–Crippen MR) is 112 cm³/mol. The molecule has 0 fully saturated rings. The lowest BCUT2D eigenvalue weighted by molar-refractivity contribution is -0.822. The monoisotopic (exact) mass is 431 g/mol. The van der Waals surface area contributed by atoms with Gasteiger partial charge in [-0.2, -0.15) is 0 Å². The van der Waals surface area contributed by atoms with E-state index in [0.717, 1.165) is 12.8 Å². The number of nitrogens with two attached hydrogens (primary N) is 1. The minimum Gasteiger partial charge on any atom is -0.426 e. The average molecular weight is 431 g/mol. The molecule has 0 spiro atoms. The van der Waals surface area contributed by atoms with Gasteiger partial charge in [0.25, 0.3) is 5.96 Å². The van der Waals surface area contributed by atoms with Gasteiger partial charge in [0.15, 0.2) is 0 Å². The smallest absolute Gasteiger partial charge is 0.426 e. The van der Waals surface area contributed by atoms with Gasteiger partial charge in [-0.3, -0.25) is 9.59 Å². The van der Waals surface area contributed by atoms with Gasteiger partial charge < -0.3 is 26.4 Å². The number of hydrazine groups is 1. The molecule has 0 aliphatic carbocycles. The van der Waals surface area contributed by atoms with Crippen molar-refractivity contribution in [2.24, 2.45) is 16.6 Å². The Bertz CT molecular complexity index is 575. The highest BCUT2D eigenvalue weighted by atomic mass is 16.7. The van der Waals surface area contributed by atoms with Crippen molar-refractivity contribution < 1.29 is 29.9 Å². The van der Waals surface area contributed by atoms with Crippen molar-refractivity contribution in [1.82, 2.24) is 16.1 Å². The van der Waals surface area contributed by atoms with E-state index in [0.29, 0.717) is 25.7 Å². The van der Waals surface area contributed by atoms with Gasteiger partial charge in [0.05, 0.1) is 5.94 Å². The minimum atomic E-state index is -1.72. The first-order chi connectivity index (χ1) is 14.1. The molecule has 172 valence electrons. The van der Waals surface area contributed by atoms with Crippen LogP contribution >= 0.6 is 0 Å². The quantitative estimate of drug-likeness (QED) is 0.0586. The first kappa shape index (κ1) is 27.6. The highest BCUT2D eigenvalue weighted by Crippen LogP contribution is 2.08. The molecule has 0 heterocycles. The third-order valence-corrected chi connectivity index (χ3v) is 4.22. The molecule has 30 heavy (non-hydrogen) atoms. The Hall–Kier alpha value is -2.41. The number of hydrogen-bond donors (Lipinski definition) is 7. The summed E-state index contributed by atoms with van der Waals surface area (Å²) in [5.74, 6) is -1.81. The normalized spacial score (nSPS) is 13.5. The van der Waals surface area contributed by atoms with Crippen molar-refractivity contribution in [3.63, 3.8) is 0 Å². The fraction of sp³-hybridized carbons (Fsp3) is 0.824. The van der Waals surface area contributed by atoms with Crippen molar-refractivity contribution >= 4 is 24.9 Å². The molecule has 0 radical (unpaired) electrons. The largest absolute Gasteiger partial charge is 0.475 e. The zero-order valence-electron chi connectivity index (χ0n) is 18.0. The van der Waals surface area contributed by atoms with E-state index < -0.39 is 30.0 Å². The zero-order chi connectivity index (χ0) is 23.1. The maximum absolute atomic E-state index is 12.7. The third-order valence-electron chi connectivity index (χ3n) is 4.22. The van der Waals surface area contributed by atoms with Crippen LogP contribution in [0.5, 0.6) is 0 Å². The fourth-order valence-corrected chi connectivity index (χ4v) is 2.75. The predicted octanol–water partition coefficient (Wildman–Crippen LogP) is -0.638. The highest BCUT2D eigenvalue weighted by molar-refractivity contribution is 6.43. The minimum absolute atomic E-state index is 0.121. The summed E-state index contributed by atoms with van der Waals surface area (Å²) in [6.45, 7) is 5.94. The zero-order valence-corrected chi connectivity index (χ0v) is 18.0. The average Bonchev–Trinajstić information content (AvgIpc) is 2.62. The van der Waals surface area contributed by atoms with E-state index in [9.17, 15) is 24.5 Å². The van der Waals surface area contributed by atoms with E-state index >= 15 is 0 Å². The van der Waals surface area contributed by atoms with Crippen molar-refractivity contribution in [1.29, 1.82) is 0 Å². The standard InChI is InChI=1S/C17H35BN6O6/c1-4-5-6-9-15(25)21-13(8-7-10-20-17(19)23-24(29)30)16(26)22-14(18(27)28)11-12(2)3/h12-14,27-28H,4-11H2,1-3H3,(H5-,19,20,21,22,23,25,26,29,30)/p+1/t13-,14-/m0/s1. The van der Waals surface area contributed by atoms with E-state index in [4.69, 9.17) is 10.9 Å². The molecule has 2 amide bonds. The van der Waals surface area contributed by atoms with E-state index in [2.05, 4.69) is 15.6 Å². The summed E-state index contributed by atoms with van der Waals surface area (Å²) in [6.07, 6.45) is 3.79. The van der Waals surface area contributed by atoms with Gasteiger partial charge >= 0.3 is 12.2 Å². The van der Waals surface area contributed by atoms with Crippen LogP contribution in [0.2, 0.25) is 0 Å². The highest BCUT2D eigenvalue weighted by Gasteiger charge is 2.29.